The predicted octanol–water partition coefficient (Wildman–Crippen LogP) is 3.20. The molecule has 6 nitrogen and oxygen atoms in total. The number of esters is 1. The largest absolute Gasteiger partial charge is 0.486 e. The lowest BCUT2D eigenvalue weighted by Gasteiger charge is -2.20. The van der Waals surface area contributed by atoms with E-state index in [1.165, 1.54) is 0 Å². The first-order valence-corrected chi connectivity index (χ1v) is 8.07. The minimum Gasteiger partial charge on any atom is -0.486 e. The van der Waals surface area contributed by atoms with Crippen molar-refractivity contribution < 1.29 is 23.8 Å². The van der Waals surface area contributed by atoms with Crippen molar-refractivity contribution >= 4 is 17.6 Å². The topological polar surface area (TPSA) is 73.9 Å². The van der Waals surface area contributed by atoms with Crippen LogP contribution in [0.1, 0.15) is 33.2 Å². The van der Waals surface area contributed by atoms with Crippen LogP contribution in [0.3, 0.4) is 0 Å². The third kappa shape index (κ3) is 3.74. The van der Waals surface area contributed by atoms with Gasteiger partial charge < -0.3 is 19.5 Å². The third-order valence-electron chi connectivity index (χ3n) is 3.79. The molecule has 2 aromatic rings. The number of aryl methyl sites for hydroxylation is 1. The number of fused-ring (bicyclic) bond motifs is 1. The lowest BCUT2D eigenvalue weighted by atomic mass is 10.1. The van der Waals surface area contributed by atoms with Gasteiger partial charge in [0.1, 0.15) is 13.2 Å². The Kier molecular flexibility index (Phi) is 4.88. The average molecular weight is 341 g/mol. The Bertz CT molecular complexity index is 798. The van der Waals surface area contributed by atoms with Crippen LogP contribution >= 0.6 is 0 Å². The molecule has 0 bridgehead atoms. The summed E-state index contributed by atoms with van der Waals surface area (Å²) in [6.45, 7) is 4.89. The van der Waals surface area contributed by atoms with Crippen molar-refractivity contribution in [1.82, 2.24) is 0 Å². The molecule has 0 aromatic heterocycles. The van der Waals surface area contributed by atoms with Crippen LogP contribution in [-0.4, -0.2) is 31.7 Å². The molecule has 0 radical (unpaired) electrons. The first kappa shape index (κ1) is 16.8. The summed E-state index contributed by atoms with van der Waals surface area (Å²) in [7, 11) is 0. The molecule has 25 heavy (non-hydrogen) atoms. The molecule has 0 aliphatic carbocycles. The minimum atomic E-state index is -0.386. The quantitative estimate of drug-likeness (QED) is 0.865. The zero-order chi connectivity index (χ0) is 17.8. The van der Waals surface area contributed by atoms with Crippen LogP contribution in [-0.2, 0) is 4.74 Å². The molecule has 0 spiro atoms. The predicted molar refractivity (Wildman–Crippen MR) is 92.5 cm³/mol. The van der Waals surface area contributed by atoms with Crippen molar-refractivity contribution in [3.8, 4) is 11.5 Å². The fourth-order valence-electron chi connectivity index (χ4n) is 2.54. The number of nitrogens with one attached hydrogen (secondary N) is 1. The molecule has 2 aromatic carbocycles. The van der Waals surface area contributed by atoms with Crippen LogP contribution in [0.5, 0.6) is 11.5 Å². The summed E-state index contributed by atoms with van der Waals surface area (Å²) in [5.41, 5.74) is 2.34. The van der Waals surface area contributed by atoms with Gasteiger partial charge in [-0.25, -0.2) is 4.79 Å². The summed E-state index contributed by atoms with van der Waals surface area (Å²) in [4.78, 5) is 24.2. The van der Waals surface area contributed by atoms with Gasteiger partial charge in [0.05, 0.1) is 12.2 Å². The maximum atomic E-state index is 12.5. The average Bonchev–Trinajstić information content (AvgIpc) is 2.62. The molecule has 3 rings (SSSR count). The van der Waals surface area contributed by atoms with Crippen LogP contribution in [0.15, 0.2) is 36.4 Å². The van der Waals surface area contributed by atoms with Crippen molar-refractivity contribution in [3.05, 3.63) is 53.1 Å². The zero-order valence-corrected chi connectivity index (χ0v) is 14.1. The first-order chi connectivity index (χ1) is 12.1. The lowest BCUT2D eigenvalue weighted by molar-refractivity contribution is 0.0526. The Hall–Kier alpha value is -3.02. The Labute approximate surface area is 145 Å². The van der Waals surface area contributed by atoms with Gasteiger partial charge in [-0.3, -0.25) is 4.79 Å². The van der Waals surface area contributed by atoms with Crippen molar-refractivity contribution in [2.45, 2.75) is 13.8 Å². The molecule has 1 aliphatic heterocycles. The van der Waals surface area contributed by atoms with Crippen LogP contribution in [0.2, 0.25) is 0 Å². The van der Waals surface area contributed by atoms with Gasteiger partial charge in [-0.2, -0.15) is 0 Å². The second-order valence-electron chi connectivity index (χ2n) is 5.56. The van der Waals surface area contributed by atoms with Gasteiger partial charge >= 0.3 is 5.97 Å². The Balaban J connectivity index is 1.75. The summed E-state index contributed by atoms with van der Waals surface area (Å²) in [6.07, 6.45) is 0. The summed E-state index contributed by atoms with van der Waals surface area (Å²) in [5.74, 6) is 0.583. The number of hydrogen-bond acceptors (Lipinski definition) is 5. The van der Waals surface area contributed by atoms with E-state index >= 15 is 0 Å². The van der Waals surface area contributed by atoms with Gasteiger partial charge in [-0.15, -0.1) is 0 Å². The van der Waals surface area contributed by atoms with Gasteiger partial charge in [0.25, 0.3) is 5.91 Å². The molecule has 6 heteroatoms. The molecule has 130 valence electrons. The van der Waals surface area contributed by atoms with E-state index in [1.807, 2.05) is 6.92 Å². The fourth-order valence-corrected chi connectivity index (χ4v) is 2.54. The number of rotatable bonds is 4. The summed E-state index contributed by atoms with van der Waals surface area (Å²) in [6, 6.07) is 10.0. The van der Waals surface area contributed by atoms with E-state index in [0.29, 0.717) is 48.1 Å². The Morgan fingerprint density at radius 2 is 1.72 bits per heavy atom. The smallest absolute Gasteiger partial charge is 0.338 e. The molecule has 1 heterocycles. The van der Waals surface area contributed by atoms with Crippen molar-refractivity contribution in [3.63, 3.8) is 0 Å². The number of benzene rings is 2. The maximum Gasteiger partial charge on any atom is 0.338 e. The highest BCUT2D eigenvalue weighted by atomic mass is 16.6. The monoisotopic (exact) mass is 341 g/mol. The first-order valence-electron chi connectivity index (χ1n) is 8.07. The summed E-state index contributed by atoms with van der Waals surface area (Å²) in [5, 5.41) is 2.82. The highest BCUT2D eigenvalue weighted by Crippen LogP contribution is 2.33. The van der Waals surface area contributed by atoms with Crippen LogP contribution in [0.4, 0.5) is 5.69 Å². The number of hydrogen-bond donors (Lipinski definition) is 1. The van der Waals surface area contributed by atoms with Crippen LogP contribution in [0.25, 0.3) is 0 Å². The van der Waals surface area contributed by atoms with Gasteiger partial charge in [0.15, 0.2) is 11.5 Å². The van der Waals surface area contributed by atoms with E-state index in [2.05, 4.69) is 5.32 Å². The summed E-state index contributed by atoms with van der Waals surface area (Å²) < 4.78 is 16.0. The molecule has 1 aliphatic rings. The van der Waals surface area contributed by atoms with Gasteiger partial charge in [-0.05, 0) is 55.8 Å². The fraction of sp³-hybridized carbons (Fsp3) is 0.263. The number of anilines is 1. The highest BCUT2D eigenvalue weighted by molar-refractivity contribution is 6.06. The van der Waals surface area contributed by atoms with E-state index in [-0.39, 0.29) is 11.9 Å². The maximum absolute atomic E-state index is 12.5. The standard InChI is InChI=1S/C19H19NO5/c1-3-23-19(22)13-4-6-14(7-5-13)20-18(21)15-11-17-16(10-12(15)2)24-8-9-25-17/h4-7,10-11H,3,8-9H2,1-2H3,(H,20,21). The highest BCUT2D eigenvalue weighted by Gasteiger charge is 2.18. The van der Waals surface area contributed by atoms with Crippen molar-refractivity contribution in [2.24, 2.45) is 0 Å². The summed E-state index contributed by atoms with van der Waals surface area (Å²) >= 11 is 0. The van der Waals surface area contributed by atoms with Crippen molar-refractivity contribution in [2.75, 3.05) is 25.1 Å². The molecule has 0 fully saturated rings. The number of amides is 1. The van der Waals surface area contributed by atoms with E-state index in [0.717, 1.165) is 5.56 Å². The second kappa shape index (κ2) is 7.25. The van der Waals surface area contributed by atoms with Crippen molar-refractivity contribution in [1.29, 1.82) is 0 Å². The third-order valence-corrected chi connectivity index (χ3v) is 3.79. The van der Waals surface area contributed by atoms with Gasteiger partial charge in [-0.1, -0.05) is 0 Å². The molecule has 1 amide bonds. The normalized spacial score (nSPS) is 12.4. The molecule has 0 atom stereocenters. The molecule has 0 saturated carbocycles. The molecular formula is C19H19NO5. The number of carbonyl (C=O) groups excluding carboxylic acids is 2. The minimum absolute atomic E-state index is 0.252. The Morgan fingerprint density at radius 3 is 2.36 bits per heavy atom. The van der Waals surface area contributed by atoms with Gasteiger partial charge in [0, 0.05) is 11.3 Å². The Morgan fingerprint density at radius 1 is 1.08 bits per heavy atom. The van der Waals surface area contributed by atoms with E-state index < -0.39 is 0 Å². The van der Waals surface area contributed by atoms with E-state index in [4.69, 9.17) is 14.2 Å². The molecule has 0 unspecified atom stereocenters. The lowest BCUT2D eigenvalue weighted by Crippen LogP contribution is -2.18. The second-order valence-corrected chi connectivity index (χ2v) is 5.56. The zero-order valence-electron chi connectivity index (χ0n) is 14.1. The van der Waals surface area contributed by atoms with Gasteiger partial charge in [0.2, 0.25) is 0 Å². The number of ether oxygens (including phenoxy) is 3. The van der Waals surface area contributed by atoms with E-state index in [9.17, 15) is 9.59 Å². The van der Waals surface area contributed by atoms with Crippen LogP contribution < -0.4 is 14.8 Å². The van der Waals surface area contributed by atoms with Crippen LogP contribution in [0, 0.1) is 6.92 Å². The van der Waals surface area contributed by atoms with E-state index in [1.54, 1.807) is 43.3 Å². The number of carbonyl (C=O) groups is 2. The SMILES string of the molecule is CCOC(=O)c1ccc(NC(=O)c2cc3c(cc2C)OCCO3)cc1. The molecular weight excluding hydrogens is 322 g/mol. The molecule has 0 saturated heterocycles. The molecule has 1 N–H and O–H groups in total.